The molecule has 3 nitrogen and oxygen atoms in total. The van der Waals surface area contributed by atoms with Crippen LogP contribution in [0.15, 0.2) is 4.47 Å². The summed E-state index contributed by atoms with van der Waals surface area (Å²) >= 11 is 3.32. The van der Waals surface area contributed by atoms with Gasteiger partial charge in [-0.1, -0.05) is 0 Å². The van der Waals surface area contributed by atoms with Gasteiger partial charge in [0.15, 0.2) is 0 Å². The molecule has 0 N–H and O–H groups in total. The average molecular weight is 269 g/mol. The average Bonchev–Trinajstić information content (AvgIpc) is 2.31. The van der Waals surface area contributed by atoms with Crippen molar-refractivity contribution in [2.45, 2.75) is 20.0 Å². The van der Waals surface area contributed by atoms with Gasteiger partial charge in [0, 0.05) is 7.05 Å². The van der Waals surface area contributed by atoms with Gasteiger partial charge in [-0.15, -0.1) is 0 Å². The first kappa shape index (κ1) is 11.6. The maximum atomic E-state index is 11.8. The molecule has 0 saturated heterocycles. The fraction of sp³-hybridized carbons (Fsp3) is 0.625. The summed E-state index contributed by atoms with van der Waals surface area (Å²) in [5, 5.41) is 4.11. The van der Waals surface area contributed by atoms with Gasteiger partial charge in [0.2, 0.25) is 0 Å². The fourth-order valence-electron chi connectivity index (χ4n) is 1.08. The molecule has 14 heavy (non-hydrogen) atoms. The van der Waals surface area contributed by atoms with Crippen LogP contribution in [0.5, 0.6) is 0 Å². The van der Waals surface area contributed by atoms with Crippen molar-refractivity contribution in [3.8, 4) is 0 Å². The second kappa shape index (κ2) is 4.84. The van der Waals surface area contributed by atoms with Gasteiger partial charge in [0.05, 0.1) is 22.5 Å². The standard InChI is InChI=1S/C8H11BrF2N2O/c1-5-8(9)6(13(2)12-5)3-14-4-7(10)11/h7H,3-4H2,1-2H3. The second-order valence-corrected chi connectivity index (χ2v) is 3.67. The molecule has 0 fully saturated rings. The molecular weight excluding hydrogens is 258 g/mol. The lowest BCUT2D eigenvalue weighted by atomic mass is 10.4. The fourth-order valence-corrected chi connectivity index (χ4v) is 1.53. The highest BCUT2D eigenvalue weighted by molar-refractivity contribution is 9.10. The Morgan fingerprint density at radius 2 is 2.21 bits per heavy atom. The predicted molar refractivity (Wildman–Crippen MR) is 51.3 cm³/mol. The van der Waals surface area contributed by atoms with Gasteiger partial charge in [-0.05, 0) is 22.9 Å². The van der Waals surface area contributed by atoms with Crippen molar-refractivity contribution < 1.29 is 13.5 Å². The molecule has 0 saturated carbocycles. The lowest BCUT2D eigenvalue weighted by Gasteiger charge is -2.04. The van der Waals surface area contributed by atoms with Gasteiger partial charge in [-0.25, -0.2) is 8.78 Å². The van der Waals surface area contributed by atoms with Crippen molar-refractivity contribution in [3.63, 3.8) is 0 Å². The topological polar surface area (TPSA) is 27.1 Å². The van der Waals surface area contributed by atoms with E-state index in [-0.39, 0.29) is 6.61 Å². The van der Waals surface area contributed by atoms with Crippen molar-refractivity contribution in [3.05, 3.63) is 15.9 Å². The highest BCUT2D eigenvalue weighted by atomic mass is 79.9. The van der Waals surface area contributed by atoms with Gasteiger partial charge < -0.3 is 4.74 Å². The SMILES string of the molecule is Cc1nn(C)c(COCC(F)F)c1Br. The maximum Gasteiger partial charge on any atom is 0.261 e. The molecule has 1 rings (SSSR count). The Kier molecular flexibility index (Phi) is 4.00. The molecule has 6 heteroatoms. The van der Waals surface area contributed by atoms with Crippen molar-refractivity contribution in [2.24, 2.45) is 7.05 Å². The molecule has 0 unspecified atom stereocenters. The smallest absolute Gasteiger partial charge is 0.261 e. The summed E-state index contributed by atoms with van der Waals surface area (Å²) in [6.07, 6.45) is -2.43. The van der Waals surface area contributed by atoms with Crippen LogP contribution in [0.25, 0.3) is 0 Å². The van der Waals surface area contributed by atoms with Gasteiger partial charge >= 0.3 is 0 Å². The molecule has 1 heterocycles. The minimum atomic E-state index is -2.43. The van der Waals surface area contributed by atoms with Crippen molar-refractivity contribution >= 4 is 15.9 Å². The normalized spacial score (nSPS) is 11.3. The zero-order chi connectivity index (χ0) is 10.7. The third-order valence-corrected chi connectivity index (χ3v) is 2.78. The highest BCUT2D eigenvalue weighted by Gasteiger charge is 2.11. The number of halogens is 3. The first-order valence-corrected chi connectivity index (χ1v) is 4.85. The molecule has 0 aliphatic heterocycles. The maximum absolute atomic E-state index is 11.8. The number of aromatic nitrogens is 2. The number of nitrogens with zero attached hydrogens (tertiary/aromatic N) is 2. The summed E-state index contributed by atoms with van der Waals surface area (Å²) in [6, 6.07) is 0. The van der Waals surface area contributed by atoms with Crippen LogP contribution in [0.3, 0.4) is 0 Å². The van der Waals surface area contributed by atoms with Crippen LogP contribution in [0, 0.1) is 6.92 Å². The van der Waals surface area contributed by atoms with E-state index in [9.17, 15) is 8.78 Å². The predicted octanol–water partition coefficient (Wildman–Crippen LogP) is 2.27. The Bertz CT molecular complexity index is 315. The molecule has 0 radical (unpaired) electrons. The largest absolute Gasteiger partial charge is 0.369 e. The number of alkyl halides is 2. The first-order valence-electron chi connectivity index (χ1n) is 4.06. The Morgan fingerprint density at radius 3 is 2.64 bits per heavy atom. The quantitative estimate of drug-likeness (QED) is 0.838. The number of rotatable bonds is 4. The van der Waals surface area contributed by atoms with E-state index in [1.807, 2.05) is 6.92 Å². The number of ether oxygens (including phenoxy) is 1. The zero-order valence-corrected chi connectivity index (χ0v) is 9.51. The second-order valence-electron chi connectivity index (χ2n) is 2.88. The van der Waals surface area contributed by atoms with Crippen LogP contribution in [0.4, 0.5) is 8.78 Å². The summed E-state index contributed by atoms with van der Waals surface area (Å²) in [4.78, 5) is 0. The van der Waals surface area contributed by atoms with Crippen LogP contribution in [0.2, 0.25) is 0 Å². The summed E-state index contributed by atoms with van der Waals surface area (Å²) in [5.74, 6) is 0. The summed E-state index contributed by atoms with van der Waals surface area (Å²) in [6.45, 7) is 1.43. The molecule has 0 atom stereocenters. The summed E-state index contributed by atoms with van der Waals surface area (Å²) in [7, 11) is 1.75. The van der Waals surface area contributed by atoms with Crippen LogP contribution in [-0.4, -0.2) is 22.8 Å². The van der Waals surface area contributed by atoms with E-state index in [0.717, 1.165) is 15.9 Å². The molecule has 80 valence electrons. The third kappa shape index (κ3) is 2.75. The molecule has 1 aromatic heterocycles. The summed E-state index contributed by atoms with van der Waals surface area (Å²) < 4.78 is 30.8. The van der Waals surface area contributed by atoms with Crippen molar-refractivity contribution in [1.82, 2.24) is 9.78 Å². The van der Waals surface area contributed by atoms with Crippen LogP contribution in [0.1, 0.15) is 11.4 Å². The van der Waals surface area contributed by atoms with E-state index in [1.165, 1.54) is 0 Å². The van der Waals surface area contributed by atoms with E-state index in [1.54, 1.807) is 11.7 Å². The molecule has 0 amide bonds. The van der Waals surface area contributed by atoms with Crippen molar-refractivity contribution in [1.29, 1.82) is 0 Å². The summed E-state index contributed by atoms with van der Waals surface area (Å²) in [5.41, 5.74) is 1.59. The molecule has 0 aliphatic carbocycles. The van der Waals surface area contributed by atoms with Gasteiger partial charge in [0.25, 0.3) is 6.43 Å². The van der Waals surface area contributed by atoms with Gasteiger partial charge in [-0.2, -0.15) is 5.10 Å². The van der Waals surface area contributed by atoms with Crippen LogP contribution in [-0.2, 0) is 18.4 Å². The molecule has 0 aliphatic rings. The molecule has 0 spiro atoms. The minimum absolute atomic E-state index is 0.141. The van der Waals surface area contributed by atoms with E-state index < -0.39 is 13.0 Å². The molecule has 1 aromatic rings. The van der Waals surface area contributed by atoms with E-state index in [4.69, 9.17) is 4.74 Å². The van der Waals surface area contributed by atoms with Crippen LogP contribution >= 0.6 is 15.9 Å². The number of aryl methyl sites for hydroxylation is 2. The Morgan fingerprint density at radius 1 is 1.57 bits per heavy atom. The Hall–Kier alpha value is -0.490. The zero-order valence-electron chi connectivity index (χ0n) is 7.93. The lowest BCUT2D eigenvalue weighted by molar-refractivity contribution is 0.00772. The Balaban J connectivity index is 2.58. The van der Waals surface area contributed by atoms with E-state index in [2.05, 4.69) is 21.0 Å². The first-order chi connectivity index (χ1) is 6.52. The Labute approximate surface area is 89.2 Å². The van der Waals surface area contributed by atoms with E-state index in [0.29, 0.717) is 0 Å². The monoisotopic (exact) mass is 268 g/mol. The number of hydrogen-bond donors (Lipinski definition) is 0. The van der Waals surface area contributed by atoms with Gasteiger partial charge in [0.1, 0.15) is 6.61 Å². The molecular formula is C8H11BrF2N2O. The molecule has 0 bridgehead atoms. The highest BCUT2D eigenvalue weighted by Crippen LogP contribution is 2.20. The number of hydrogen-bond acceptors (Lipinski definition) is 2. The van der Waals surface area contributed by atoms with Crippen LogP contribution < -0.4 is 0 Å². The van der Waals surface area contributed by atoms with Crippen molar-refractivity contribution in [2.75, 3.05) is 6.61 Å². The van der Waals surface area contributed by atoms with Gasteiger partial charge in [-0.3, -0.25) is 4.68 Å². The lowest BCUT2D eigenvalue weighted by Crippen LogP contribution is -2.07. The third-order valence-electron chi connectivity index (χ3n) is 1.74. The van der Waals surface area contributed by atoms with E-state index >= 15 is 0 Å². The minimum Gasteiger partial charge on any atom is -0.369 e. The molecule has 0 aromatic carbocycles.